The van der Waals surface area contributed by atoms with Crippen LogP contribution in [0.15, 0.2) is 42.0 Å². The lowest BCUT2D eigenvalue weighted by Gasteiger charge is -2.36. The third kappa shape index (κ3) is 8.68. The van der Waals surface area contributed by atoms with Crippen molar-refractivity contribution in [1.29, 1.82) is 0 Å². The second kappa shape index (κ2) is 15.5. The van der Waals surface area contributed by atoms with E-state index in [9.17, 15) is 19.2 Å². The summed E-state index contributed by atoms with van der Waals surface area (Å²) in [6, 6.07) is 7.61. The number of nitrogens with zero attached hydrogens (tertiary/aromatic N) is 3. The van der Waals surface area contributed by atoms with E-state index < -0.39 is 24.2 Å². The van der Waals surface area contributed by atoms with Crippen LogP contribution in [0.4, 0.5) is 0 Å². The first-order valence-corrected chi connectivity index (χ1v) is 15.9. The fourth-order valence-corrected chi connectivity index (χ4v) is 6.14. The van der Waals surface area contributed by atoms with Gasteiger partial charge in [-0.2, -0.15) is 0 Å². The number of carbonyl (C=O) groups excluding carboxylic acids is 4. The Hall–Kier alpha value is -3.20. The van der Waals surface area contributed by atoms with Crippen molar-refractivity contribution in [3.8, 4) is 0 Å². The number of ether oxygens (including phenoxy) is 1. The number of benzene rings is 1. The molecule has 0 spiro atoms. The highest BCUT2D eigenvalue weighted by Gasteiger charge is 2.38. The molecule has 2 aliphatic heterocycles. The van der Waals surface area contributed by atoms with Gasteiger partial charge in [-0.05, 0) is 70.5 Å². The van der Waals surface area contributed by atoms with E-state index in [-0.39, 0.29) is 41.6 Å². The summed E-state index contributed by atoms with van der Waals surface area (Å²) in [5, 5.41) is 3.04. The topological polar surface area (TPSA) is 99.3 Å². The number of nitrogens with one attached hydrogen (secondary N) is 1. The number of esters is 1. The van der Waals surface area contributed by atoms with Crippen LogP contribution in [0, 0.1) is 11.8 Å². The summed E-state index contributed by atoms with van der Waals surface area (Å²) < 4.78 is 5.76. The highest BCUT2D eigenvalue weighted by atomic mass is 16.5. The molecule has 1 N–H and O–H groups in total. The van der Waals surface area contributed by atoms with Crippen LogP contribution in [0.3, 0.4) is 0 Å². The van der Waals surface area contributed by atoms with Crippen molar-refractivity contribution in [1.82, 2.24) is 20.0 Å². The van der Waals surface area contributed by atoms with E-state index in [1.165, 1.54) is 0 Å². The monoisotopic (exact) mass is 596 g/mol. The molecule has 0 saturated carbocycles. The Bertz CT molecular complexity index is 1150. The molecule has 2 heterocycles. The summed E-state index contributed by atoms with van der Waals surface area (Å²) in [5.41, 5.74) is 1.38. The lowest BCUT2D eigenvalue weighted by Crippen LogP contribution is -2.57. The third-order valence-electron chi connectivity index (χ3n) is 8.89. The van der Waals surface area contributed by atoms with Crippen molar-refractivity contribution >= 4 is 23.7 Å². The second-order valence-corrected chi connectivity index (χ2v) is 12.9. The molecule has 43 heavy (non-hydrogen) atoms. The maximum Gasteiger partial charge on any atom is 0.329 e. The fourth-order valence-electron chi connectivity index (χ4n) is 6.14. The minimum atomic E-state index is -0.678. The maximum absolute atomic E-state index is 13.8. The second-order valence-electron chi connectivity index (χ2n) is 12.9. The first kappa shape index (κ1) is 34.3. The van der Waals surface area contributed by atoms with E-state index in [2.05, 4.69) is 10.2 Å². The van der Waals surface area contributed by atoms with E-state index in [1.54, 1.807) is 23.8 Å². The zero-order chi connectivity index (χ0) is 31.8. The molecule has 238 valence electrons. The molecule has 1 aromatic rings. The molecule has 2 fully saturated rings. The predicted molar refractivity (Wildman–Crippen MR) is 168 cm³/mol. The van der Waals surface area contributed by atoms with E-state index in [0.717, 1.165) is 37.8 Å². The molecule has 0 aliphatic carbocycles. The average molecular weight is 597 g/mol. The SMILES string of the molecule is CC(=C[C@H](C(C)C)N(C)C(=O)[C@@H](NC(=O)C1CCCCN1C)C(C)C)C(=O)N1CCC[C@H]1C(=O)O[C@@H](C)c1ccccc1. The number of likely N-dealkylation sites (N-methyl/N-ethyl adjacent to an activating group) is 2. The number of likely N-dealkylation sites (tertiary alicyclic amines) is 2. The number of amides is 3. The summed E-state index contributed by atoms with van der Waals surface area (Å²) in [6.45, 7) is 12.8. The van der Waals surface area contributed by atoms with Crippen LogP contribution in [-0.4, -0.2) is 89.7 Å². The number of hydrogen-bond acceptors (Lipinski definition) is 6. The lowest BCUT2D eigenvalue weighted by atomic mass is 9.96. The summed E-state index contributed by atoms with van der Waals surface area (Å²) >= 11 is 0. The number of piperidine rings is 1. The Morgan fingerprint density at radius 1 is 0.930 bits per heavy atom. The van der Waals surface area contributed by atoms with Gasteiger partial charge in [0.1, 0.15) is 18.2 Å². The molecule has 1 unspecified atom stereocenters. The zero-order valence-electron chi connectivity index (χ0n) is 27.3. The van der Waals surface area contributed by atoms with E-state index in [1.807, 2.05) is 78.1 Å². The predicted octanol–water partition coefficient (Wildman–Crippen LogP) is 4.34. The molecule has 2 saturated heterocycles. The molecule has 1 aromatic carbocycles. The van der Waals surface area contributed by atoms with Gasteiger partial charge in [0.25, 0.3) is 0 Å². The molecule has 5 atom stereocenters. The van der Waals surface area contributed by atoms with Crippen LogP contribution in [0.25, 0.3) is 0 Å². The van der Waals surface area contributed by atoms with Gasteiger partial charge < -0.3 is 19.9 Å². The Morgan fingerprint density at radius 3 is 2.19 bits per heavy atom. The summed E-state index contributed by atoms with van der Waals surface area (Å²) in [5.74, 6) is -1.03. The molecule has 0 radical (unpaired) electrons. The molecule has 3 rings (SSSR count). The van der Waals surface area contributed by atoms with Crippen molar-refractivity contribution in [3.63, 3.8) is 0 Å². The molecule has 9 nitrogen and oxygen atoms in total. The van der Waals surface area contributed by atoms with Gasteiger partial charge in [-0.25, -0.2) is 4.79 Å². The number of carbonyl (C=O) groups is 4. The van der Waals surface area contributed by atoms with Gasteiger partial charge in [0.15, 0.2) is 0 Å². The van der Waals surface area contributed by atoms with Crippen LogP contribution >= 0.6 is 0 Å². The van der Waals surface area contributed by atoms with Gasteiger partial charge in [-0.3, -0.25) is 19.3 Å². The average Bonchev–Trinajstić information content (AvgIpc) is 3.48. The number of rotatable bonds is 11. The van der Waals surface area contributed by atoms with Gasteiger partial charge in [0.2, 0.25) is 17.7 Å². The Balaban J connectivity index is 1.72. The maximum atomic E-state index is 13.8. The molecule has 2 aliphatic rings. The summed E-state index contributed by atoms with van der Waals surface area (Å²) in [7, 11) is 3.69. The van der Waals surface area contributed by atoms with Crippen molar-refractivity contribution in [2.24, 2.45) is 11.8 Å². The summed E-state index contributed by atoms with van der Waals surface area (Å²) in [4.78, 5) is 59.1. The van der Waals surface area contributed by atoms with Crippen molar-refractivity contribution in [3.05, 3.63) is 47.5 Å². The van der Waals surface area contributed by atoms with Gasteiger partial charge >= 0.3 is 5.97 Å². The normalized spacial score (nSPS) is 21.8. The molecular formula is C34H52N4O5. The van der Waals surface area contributed by atoms with Gasteiger partial charge in [0, 0.05) is 19.2 Å². The highest BCUT2D eigenvalue weighted by Crippen LogP contribution is 2.26. The Labute approximate surface area is 258 Å². The van der Waals surface area contributed by atoms with Crippen LogP contribution in [0.1, 0.15) is 85.3 Å². The van der Waals surface area contributed by atoms with Crippen molar-refractivity contribution < 1.29 is 23.9 Å². The quantitative estimate of drug-likeness (QED) is 0.302. The molecular weight excluding hydrogens is 544 g/mol. The van der Waals surface area contributed by atoms with Crippen LogP contribution in [-0.2, 0) is 23.9 Å². The molecule has 0 bridgehead atoms. The van der Waals surface area contributed by atoms with Crippen LogP contribution < -0.4 is 5.32 Å². The van der Waals surface area contributed by atoms with E-state index >= 15 is 0 Å². The van der Waals surface area contributed by atoms with Crippen molar-refractivity contribution in [2.75, 3.05) is 27.2 Å². The minimum absolute atomic E-state index is 0.00996. The lowest BCUT2D eigenvalue weighted by molar-refractivity contribution is -0.156. The standard InChI is InChI=1S/C34H52N4O5/c1-22(2)29(37(8)33(41)30(23(3)4)35-31(39)27-17-12-13-19-36(27)7)21-24(5)32(40)38-20-14-18-28(38)34(42)43-25(6)26-15-10-9-11-16-26/h9-11,15-16,21-23,25,27-30H,12-14,17-20H2,1-8H3,(H,35,39)/t25-,27?,28-,29+,30-/m0/s1. The Kier molecular flexibility index (Phi) is 12.4. The van der Waals surface area contributed by atoms with Gasteiger partial charge in [-0.1, -0.05) is 70.5 Å². The molecule has 3 amide bonds. The number of hydrogen-bond donors (Lipinski definition) is 1. The Morgan fingerprint density at radius 2 is 1.58 bits per heavy atom. The first-order chi connectivity index (χ1) is 20.3. The van der Waals surface area contributed by atoms with E-state index in [0.29, 0.717) is 18.5 Å². The van der Waals surface area contributed by atoms with Crippen molar-refractivity contribution in [2.45, 2.75) is 104 Å². The summed E-state index contributed by atoms with van der Waals surface area (Å²) in [6.07, 6.45) is 5.53. The first-order valence-electron chi connectivity index (χ1n) is 15.9. The molecule has 0 aromatic heterocycles. The zero-order valence-corrected chi connectivity index (χ0v) is 27.3. The van der Waals surface area contributed by atoms with Crippen LogP contribution in [0.2, 0.25) is 0 Å². The minimum Gasteiger partial charge on any atom is -0.456 e. The van der Waals surface area contributed by atoms with Gasteiger partial charge in [0.05, 0.1) is 12.1 Å². The third-order valence-corrected chi connectivity index (χ3v) is 8.89. The fraction of sp³-hybridized carbons (Fsp3) is 0.647. The highest BCUT2D eigenvalue weighted by molar-refractivity contribution is 5.96. The molecule has 9 heteroatoms. The van der Waals surface area contributed by atoms with Gasteiger partial charge in [-0.15, -0.1) is 0 Å². The smallest absolute Gasteiger partial charge is 0.329 e. The van der Waals surface area contributed by atoms with E-state index in [4.69, 9.17) is 4.74 Å². The largest absolute Gasteiger partial charge is 0.456 e. The van der Waals surface area contributed by atoms with Crippen LogP contribution in [0.5, 0.6) is 0 Å².